The molecule has 0 radical (unpaired) electrons. The molecule has 1 atom stereocenters. The molecule has 0 aromatic carbocycles. The highest BCUT2D eigenvalue weighted by atomic mass is 16.3. The standard InChI is InChI=1S/C12H23NO/c1-4-6-7-8-9-10-11-13(5-2)12(3)14/h4,6,8-9,12,14H,5,7,10-11H2,1-3H3/b6-4+,9-8+. The van der Waals surface area contributed by atoms with Crippen molar-refractivity contribution in [1.29, 1.82) is 0 Å². The van der Waals surface area contributed by atoms with Gasteiger partial charge in [-0.2, -0.15) is 0 Å². The molecule has 14 heavy (non-hydrogen) atoms. The van der Waals surface area contributed by atoms with E-state index in [2.05, 4.69) is 31.2 Å². The van der Waals surface area contributed by atoms with Gasteiger partial charge < -0.3 is 5.11 Å². The molecule has 0 aromatic heterocycles. The van der Waals surface area contributed by atoms with E-state index in [1.54, 1.807) is 0 Å². The maximum absolute atomic E-state index is 9.34. The summed E-state index contributed by atoms with van der Waals surface area (Å²) in [6.07, 6.45) is 10.2. The smallest absolute Gasteiger partial charge is 0.104 e. The molecule has 0 bridgehead atoms. The van der Waals surface area contributed by atoms with Gasteiger partial charge in [0.25, 0.3) is 0 Å². The van der Waals surface area contributed by atoms with Crippen LogP contribution in [0.3, 0.4) is 0 Å². The second-order valence-corrected chi connectivity index (χ2v) is 3.33. The summed E-state index contributed by atoms with van der Waals surface area (Å²) in [6, 6.07) is 0. The van der Waals surface area contributed by atoms with E-state index in [4.69, 9.17) is 0 Å². The molecule has 0 aliphatic heterocycles. The molecule has 0 spiro atoms. The minimum absolute atomic E-state index is 0.330. The van der Waals surface area contributed by atoms with Crippen LogP contribution in [0.15, 0.2) is 24.3 Å². The molecule has 0 saturated heterocycles. The molecule has 0 aliphatic carbocycles. The Bertz CT molecular complexity index is 173. The van der Waals surface area contributed by atoms with Gasteiger partial charge >= 0.3 is 0 Å². The molecule has 0 saturated carbocycles. The summed E-state index contributed by atoms with van der Waals surface area (Å²) >= 11 is 0. The van der Waals surface area contributed by atoms with Gasteiger partial charge in [-0.05, 0) is 33.2 Å². The number of aliphatic hydroxyl groups excluding tert-OH is 1. The van der Waals surface area contributed by atoms with Crippen LogP contribution in [0.5, 0.6) is 0 Å². The fourth-order valence-electron chi connectivity index (χ4n) is 1.28. The Hall–Kier alpha value is -0.600. The van der Waals surface area contributed by atoms with E-state index in [-0.39, 0.29) is 6.23 Å². The van der Waals surface area contributed by atoms with E-state index >= 15 is 0 Å². The molecule has 0 amide bonds. The number of hydrogen-bond acceptors (Lipinski definition) is 2. The van der Waals surface area contributed by atoms with Gasteiger partial charge in [0.05, 0.1) is 0 Å². The molecule has 1 unspecified atom stereocenters. The van der Waals surface area contributed by atoms with Crippen LogP contribution in [0.1, 0.15) is 33.6 Å². The predicted octanol–water partition coefficient (Wildman–Crippen LogP) is 2.56. The third-order valence-corrected chi connectivity index (χ3v) is 2.19. The van der Waals surface area contributed by atoms with Crippen molar-refractivity contribution in [3.63, 3.8) is 0 Å². The van der Waals surface area contributed by atoms with E-state index in [1.165, 1.54) is 0 Å². The van der Waals surface area contributed by atoms with Crippen molar-refractivity contribution in [3.8, 4) is 0 Å². The summed E-state index contributed by atoms with van der Waals surface area (Å²) in [5.41, 5.74) is 0. The van der Waals surface area contributed by atoms with Crippen molar-refractivity contribution >= 4 is 0 Å². The van der Waals surface area contributed by atoms with Crippen LogP contribution >= 0.6 is 0 Å². The van der Waals surface area contributed by atoms with Crippen molar-refractivity contribution in [2.75, 3.05) is 13.1 Å². The fraction of sp³-hybridized carbons (Fsp3) is 0.667. The van der Waals surface area contributed by atoms with E-state index in [9.17, 15) is 5.11 Å². The van der Waals surface area contributed by atoms with Crippen molar-refractivity contribution in [1.82, 2.24) is 4.90 Å². The molecule has 0 aromatic rings. The number of allylic oxidation sites excluding steroid dienone is 3. The van der Waals surface area contributed by atoms with Gasteiger partial charge in [-0.15, -0.1) is 0 Å². The first-order chi connectivity index (χ1) is 6.72. The Kier molecular flexibility index (Phi) is 8.59. The van der Waals surface area contributed by atoms with Crippen molar-refractivity contribution in [3.05, 3.63) is 24.3 Å². The Balaban J connectivity index is 3.55. The average molecular weight is 197 g/mol. The normalized spacial score (nSPS) is 14.6. The van der Waals surface area contributed by atoms with Gasteiger partial charge in [0.15, 0.2) is 0 Å². The van der Waals surface area contributed by atoms with Gasteiger partial charge in [0.2, 0.25) is 0 Å². The molecule has 0 heterocycles. The minimum Gasteiger partial charge on any atom is -0.379 e. The molecule has 2 nitrogen and oxygen atoms in total. The van der Waals surface area contributed by atoms with Crippen molar-refractivity contribution in [2.45, 2.75) is 39.8 Å². The lowest BCUT2D eigenvalue weighted by Gasteiger charge is -2.22. The zero-order chi connectivity index (χ0) is 10.8. The van der Waals surface area contributed by atoms with Gasteiger partial charge in [0, 0.05) is 6.54 Å². The predicted molar refractivity (Wildman–Crippen MR) is 62.1 cm³/mol. The molecule has 82 valence electrons. The Morgan fingerprint density at radius 1 is 1.29 bits per heavy atom. The molecule has 2 heteroatoms. The lowest BCUT2D eigenvalue weighted by Crippen LogP contribution is -2.33. The van der Waals surface area contributed by atoms with E-state index in [0.717, 1.165) is 25.9 Å². The molecule has 1 N–H and O–H groups in total. The topological polar surface area (TPSA) is 23.5 Å². The molecular weight excluding hydrogens is 174 g/mol. The summed E-state index contributed by atoms with van der Waals surface area (Å²) in [6.45, 7) is 7.74. The van der Waals surface area contributed by atoms with Crippen LogP contribution in [-0.2, 0) is 0 Å². The second-order valence-electron chi connectivity index (χ2n) is 3.33. The largest absolute Gasteiger partial charge is 0.379 e. The number of aliphatic hydroxyl groups is 1. The minimum atomic E-state index is -0.330. The highest BCUT2D eigenvalue weighted by molar-refractivity contribution is 4.91. The van der Waals surface area contributed by atoms with Crippen LogP contribution in [0.25, 0.3) is 0 Å². The van der Waals surface area contributed by atoms with Gasteiger partial charge in [-0.1, -0.05) is 31.2 Å². The molecule has 0 rings (SSSR count). The summed E-state index contributed by atoms with van der Waals surface area (Å²) in [4.78, 5) is 2.04. The van der Waals surface area contributed by atoms with Crippen LogP contribution < -0.4 is 0 Å². The van der Waals surface area contributed by atoms with E-state index in [0.29, 0.717) is 0 Å². The van der Waals surface area contributed by atoms with Gasteiger partial charge in [-0.25, -0.2) is 0 Å². The van der Waals surface area contributed by atoms with Crippen LogP contribution in [-0.4, -0.2) is 29.3 Å². The molecular formula is C12H23NO. The summed E-state index contributed by atoms with van der Waals surface area (Å²) in [7, 11) is 0. The maximum atomic E-state index is 9.34. The van der Waals surface area contributed by atoms with Crippen molar-refractivity contribution in [2.24, 2.45) is 0 Å². The quantitative estimate of drug-likeness (QED) is 0.501. The number of hydrogen-bond donors (Lipinski definition) is 1. The van der Waals surface area contributed by atoms with Crippen LogP contribution in [0.4, 0.5) is 0 Å². The second kappa shape index (κ2) is 8.97. The third kappa shape index (κ3) is 6.87. The lowest BCUT2D eigenvalue weighted by molar-refractivity contribution is 0.0238. The summed E-state index contributed by atoms with van der Waals surface area (Å²) < 4.78 is 0. The SMILES string of the molecule is C/C=C/C/C=C/CCN(CC)C(C)O. The first-order valence-corrected chi connectivity index (χ1v) is 5.40. The Labute approximate surface area is 87.9 Å². The first-order valence-electron chi connectivity index (χ1n) is 5.40. The summed E-state index contributed by atoms with van der Waals surface area (Å²) in [5.74, 6) is 0. The molecule has 0 aliphatic rings. The average Bonchev–Trinajstić information content (AvgIpc) is 2.16. The highest BCUT2D eigenvalue weighted by Gasteiger charge is 2.05. The van der Waals surface area contributed by atoms with Gasteiger partial charge in [-0.3, -0.25) is 4.90 Å². The van der Waals surface area contributed by atoms with Crippen LogP contribution in [0, 0.1) is 0 Å². The van der Waals surface area contributed by atoms with E-state index in [1.807, 2.05) is 18.7 Å². The molecule has 0 fully saturated rings. The van der Waals surface area contributed by atoms with E-state index < -0.39 is 0 Å². The fourth-order valence-corrected chi connectivity index (χ4v) is 1.28. The van der Waals surface area contributed by atoms with Gasteiger partial charge in [0.1, 0.15) is 6.23 Å². The Morgan fingerprint density at radius 2 is 2.00 bits per heavy atom. The first kappa shape index (κ1) is 13.4. The zero-order valence-corrected chi connectivity index (χ0v) is 9.61. The maximum Gasteiger partial charge on any atom is 0.104 e. The highest BCUT2D eigenvalue weighted by Crippen LogP contribution is 1.98. The third-order valence-electron chi connectivity index (χ3n) is 2.19. The monoisotopic (exact) mass is 197 g/mol. The van der Waals surface area contributed by atoms with Crippen LogP contribution in [0.2, 0.25) is 0 Å². The zero-order valence-electron chi connectivity index (χ0n) is 9.61. The summed E-state index contributed by atoms with van der Waals surface area (Å²) in [5, 5.41) is 9.34. The number of rotatable bonds is 7. The number of nitrogens with zero attached hydrogens (tertiary/aromatic N) is 1. The lowest BCUT2D eigenvalue weighted by atomic mass is 10.3. The van der Waals surface area contributed by atoms with Crippen molar-refractivity contribution < 1.29 is 5.11 Å². The Morgan fingerprint density at radius 3 is 2.50 bits per heavy atom.